The van der Waals surface area contributed by atoms with Crippen molar-refractivity contribution < 1.29 is 4.52 Å². The van der Waals surface area contributed by atoms with Gasteiger partial charge in [0.2, 0.25) is 6.39 Å². The van der Waals surface area contributed by atoms with Gasteiger partial charge in [-0.05, 0) is 17.7 Å². The van der Waals surface area contributed by atoms with Crippen molar-refractivity contribution in [1.29, 1.82) is 0 Å². The van der Waals surface area contributed by atoms with Crippen molar-refractivity contribution in [1.82, 2.24) is 15.5 Å². The molecule has 0 aliphatic carbocycles. The molecule has 16 heavy (non-hydrogen) atoms. The standard InChI is InChI=1S/C11H12BrN3O/c12-10-3-1-2-9(6-10)7-13-5-4-11-14-8-16-15-11/h1-3,6,8,13H,4-5,7H2. The van der Waals surface area contributed by atoms with Crippen LogP contribution in [-0.4, -0.2) is 16.7 Å². The van der Waals surface area contributed by atoms with Gasteiger partial charge < -0.3 is 9.84 Å². The number of benzene rings is 1. The Kier molecular flexibility index (Phi) is 4.07. The van der Waals surface area contributed by atoms with Crippen molar-refractivity contribution in [2.75, 3.05) is 6.54 Å². The quantitative estimate of drug-likeness (QED) is 0.854. The summed E-state index contributed by atoms with van der Waals surface area (Å²) in [6.45, 7) is 1.68. The molecule has 1 heterocycles. The van der Waals surface area contributed by atoms with Gasteiger partial charge in [-0.1, -0.05) is 33.2 Å². The van der Waals surface area contributed by atoms with Crippen LogP contribution in [0, 0.1) is 0 Å². The Bertz CT molecular complexity index is 431. The molecular formula is C11H12BrN3O. The molecule has 0 atom stereocenters. The van der Waals surface area contributed by atoms with Crippen LogP contribution in [0.4, 0.5) is 0 Å². The third-order valence-corrected chi connectivity index (χ3v) is 2.64. The van der Waals surface area contributed by atoms with Gasteiger partial charge in [-0.2, -0.15) is 4.98 Å². The molecule has 2 rings (SSSR count). The predicted molar refractivity (Wildman–Crippen MR) is 63.9 cm³/mol. The van der Waals surface area contributed by atoms with Gasteiger partial charge in [0.05, 0.1) is 0 Å². The van der Waals surface area contributed by atoms with Crippen LogP contribution < -0.4 is 5.32 Å². The van der Waals surface area contributed by atoms with Crippen LogP contribution in [0.2, 0.25) is 0 Å². The van der Waals surface area contributed by atoms with Gasteiger partial charge in [0, 0.05) is 24.0 Å². The van der Waals surface area contributed by atoms with Gasteiger partial charge in [-0.25, -0.2) is 0 Å². The Hall–Kier alpha value is -1.20. The third-order valence-electron chi connectivity index (χ3n) is 2.15. The summed E-state index contributed by atoms with van der Waals surface area (Å²) in [5, 5.41) is 7.07. The van der Waals surface area contributed by atoms with E-state index in [9.17, 15) is 0 Å². The van der Waals surface area contributed by atoms with Crippen LogP contribution in [0.3, 0.4) is 0 Å². The number of rotatable bonds is 5. The zero-order valence-electron chi connectivity index (χ0n) is 8.69. The van der Waals surface area contributed by atoms with E-state index >= 15 is 0 Å². The highest BCUT2D eigenvalue weighted by Gasteiger charge is 1.98. The summed E-state index contributed by atoms with van der Waals surface area (Å²) in [6.07, 6.45) is 2.13. The molecule has 0 aliphatic rings. The molecule has 0 aliphatic heterocycles. The fourth-order valence-corrected chi connectivity index (χ4v) is 1.83. The van der Waals surface area contributed by atoms with Gasteiger partial charge in [0.25, 0.3) is 0 Å². The van der Waals surface area contributed by atoms with E-state index < -0.39 is 0 Å². The number of halogens is 1. The molecule has 0 fully saturated rings. The normalized spacial score (nSPS) is 10.6. The summed E-state index contributed by atoms with van der Waals surface area (Å²) in [5.41, 5.74) is 1.25. The molecule has 0 radical (unpaired) electrons. The predicted octanol–water partition coefficient (Wildman–Crippen LogP) is 2.16. The summed E-state index contributed by atoms with van der Waals surface area (Å²) >= 11 is 3.44. The van der Waals surface area contributed by atoms with E-state index in [-0.39, 0.29) is 0 Å². The lowest BCUT2D eigenvalue weighted by atomic mass is 10.2. The van der Waals surface area contributed by atoms with E-state index in [0.29, 0.717) is 0 Å². The molecular weight excluding hydrogens is 270 g/mol. The van der Waals surface area contributed by atoms with E-state index in [2.05, 4.69) is 48.0 Å². The summed E-state index contributed by atoms with van der Waals surface area (Å²) in [4.78, 5) is 3.95. The monoisotopic (exact) mass is 281 g/mol. The first kappa shape index (κ1) is 11.3. The maximum Gasteiger partial charge on any atom is 0.213 e. The second-order valence-electron chi connectivity index (χ2n) is 3.40. The SMILES string of the molecule is Brc1cccc(CNCCc2ncon2)c1. The van der Waals surface area contributed by atoms with Gasteiger partial charge in [-0.15, -0.1) is 0 Å². The lowest BCUT2D eigenvalue weighted by Gasteiger charge is -2.03. The first-order valence-electron chi connectivity index (χ1n) is 5.05. The van der Waals surface area contributed by atoms with Crippen molar-refractivity contribution in [3.63, 3.8) is 0 Å². The number of hydrogen-bond acceptors (Lipinski definition) is 4. The Labute approximate surface area is 102 Å². The van der Waals surface area contributed by atoms with Crippen molar-refractivity contribution in [3.05, 3.63) is 46.5 Å². The Balaban J connectivity index is 1.72. The Morgan fingerprint density at radius 3 is 3.06 bits per heavy atom. The molecule has 0 bridgehead atoms. The van der Waals surface area contributed by atoms with Gasteiger partial charge >= 0.3 is 0 Å². The molecule has 4 nitrogen and oxygen atoms in total. The van der Waals surface area contributed by atoms with Crippen LogP contribution >= 0.6 is 15.9 Å². The van der Waals surface area contributed by atoms with Gasteiger partial charge in [-0.3, -0.25) is 0 Å². The van der Waals surface area contributed by atoms with Gasteiger partial charge in [0.15, 0.2) is 5.82 Å². The summed E-state index contributed by atoms with van der Waals surface area (Å²) in [7, 11) is 0. The lowest BCUT2D eigenvalue weighted by Crippen LogP contribution is -2.17. The first-order chi connectivity index (χ1) is 7.84. The van der Waals surface area contributed by atoms with Crippen molar-refractivity contribution in [2.24, 2.45) is 0 Å². The number of aromatic nitrogens is 2. The first-order valence-corrected chi connectivity index (χ1v) is 5.84. The molecule has 2 aromatic rings. The molecule has 0 amide bonds. The van der Waals surface area contributed by atoms with E-state index in [0.717, 1.165) is 29.8 Å². The average Bonchev–Trinajstić information content (AvgIpc) is 2.77. The highest BCUT2D eigenvalue weighted by atomic mass is 79.9. The van der Waals surface area contributed by atoms with Crippen molar-refractivity contribution in [2.45, 2.75) is 13.0 Å². The highest BCUT2D eigenvalue weighted by Crippen LogP contribution is 2.11. The Morgan fingerprint density at radius 1 is 1.38 bits per heavy atom. The van der Waals surface area contributed by atoms with Crippen LogP contribution in [0.5, 0.6) is 0 Å². The van der Waals surface area contributed by atoms with E-state index in [1.165, 1.54) is 12.0 Å². The smallest absolute Gasteiger partial charge is 0.213 e. The second-order valence-corrected chi connectivity index (χ2v) is 4.32. The number of nitrogens with zero attached hydrogens (tertiary/aromatic N) is 2. The second kappa shape index (κ2) is 5.77. The molecule has 84 valence electrons. The maximum atomic E-state index is 4.65. The number of hydrogen-bond donors (Lipinski definition) is 1. The van der Waals surface area contributed by atoms with E-state index in [1.807, 2.05) is 12.1 Å². The minimum absolute atomic E-state index is 0.738. The third kappa shape index (κ3) is 3.43. The van der Waals surface area contributed by atoms with Crippen molar-refractivity contribution >= 4 is 15.9 Å². The Morgan fingerprint density at radius 2 is 2.31 bits per heavy atom. The largest absolute Gasteiger partial charge is 0.343 e. The molecule has 1 aromatic carbocycles. The summed E-state index contributed by atoms with van der Waals surface area (Å²) in [5.74, 6) is 0.738. The molecule has 0 saturated carbocycles. The minimum Gasteiger partial charge on any atom is -0.343 e. The summed E-state index contributed by atoms with van der Waals surface area (Å²) in [6, 6.07) is 8.23. The van der Waals surface area contributed by atoms with Crippen LogP contribution in [-0.2, 0) is 13.0 Å². The fraction of sp³-hybridized carbons (Fsp3) is 0.273. The summed E-state index contributed by atoms with van der Waals surface area (Å²) < 4.78 is 5.75. The molecule has 0 saturated heterocycles. The van der Waals surface area contributed by atoms with Crippen molar-refractivity contribution in [3.8, 4) is 0 Å². The van der Waals surface area contributed by atoms with Crippen LogP contribution in [0.15, 0.2) is 39.7 Å². The van der Waals surface area contributed by atoms with Crippen LogP contribution in [0.1, 0.15) is 11.4 Å². The molecule has 1 N–H and O–H groups in total. The molecule has 1 aromatic heterocycles. The lowest BCUT2D eigenvalue weighted by molar-refractivity contribution is 0.409. The maximum absolute atomic E-state index is 4.65. The zero-order chi connectivity index (χ0) is 11.2. The topological polar surface area (TPSA) is 51.0 Å². The molecule has 0 unspecified atom stereocenters. The fourth-order valence-electron chi connectivity index (χ4n) is 1.38. The van der Waals surface area contributed by atoms with Gasteiger partial charge in [0.1, 0.15) is 0 Å². The molecule has 5 heteroatoms. The van der Waals surface area contributed by atoms with E-state index in [4.69, 9.17) is 0 Å². The highest BCUT2D eigenvalue weighted by molar-refractivity contribution is 9.10. The number of nitrogens with one attached hydrogen (secondary N) is 1. The average molecular weight is 282 g/mol. The van der Waals surface area contributed by atoms with Crippen LogP contribution in [0.25, 0.3) is 0 Å². The molecule has 0 spiro atoms. The van der Waals surface area contributed by atoms with E-state index in [1.54, 1.807) is 0 Å². The zero-order valence-corrected chi connectivity index (χ0v) is 10.3. The minimum atomic E-state index is 0.738.